The molecule has 2 atom stereocenters. The number of hydrogen-bond donors (Lipinski definition) is 1. The number of rotatable bonds is 5. The molecule has 0 aliphatic heterocycles. The van der Waals surface area contributed by atoms with Crippen LogP contribution in [-0.4, -0.2) is 9.97 Å². The van der Waals surface area contributed by atoms with E-state index in [9.17, 15) is 0 Å². The van der Waals surface area contributed by atoms with Crippen molar-refractivity contribution in [2.45, 2.75) is 52.5 Å². The number of hydrogen-bond acceptors (Lipinski definition) is 3. The molecule has 0 radical (unpaired) electrons. The fourth-order valence-electron chi connectivity index (χ4n) is 3.47. The fourth-order valence-corrected chi connectivity index (χ4v) is 4.05. The predicted molar refractivity (Wildman–Crippen MR) is 98.8 cm³/mol. The van der Waals surface area contributed by atoms with Crippen LogP contribution in [0, 0.1) is 5.92 Å². The molecule has 0 bridgehead atoms. The van der Waals surface area contributed by atoms with Crippen molar-refractivity contribution in [2.75, 3.05) is 5.32 Å². The molecule has 0 amide bonds. The van der Waals surface area contributed by atoms with Crippen molar-refractivity contribution in [2.24, 2.45) is 5.92 Å². The first-order valence-corrected chi connectivity index (χ1v) is 9.36. The average Bonchev–Trinajstić information content (AvgIpc) is 2.93. The van der Waals surface area contributed by atoms with Crippen LogP contribution in [0.5, 0.6) is 0 Å². The summed E-state index contributed by atoms with van der Waals surface area (Å²) in [5.74, 6) is 1.57. The van der Waals surface area contributed by atoms with Crippen LogP contribution >= 0.6 is 15.9 Å². The summed E-state index contributed by atoms with van der Waals surface area (Å²) in [5, 5.41) is 3.73. The Morgan fingerprint density at radius 1 is 1.09 bits per heavy atom. The fraction of sp³-hybridized carbons (Fsp3) is 0.474. The first kappa shape index (κ1) is 16.4. The smallest absolute Gasteiger partial charge is 0.148 e. The minimum Gasteiger partial charge on any atom is -0.361 e. The SMILES string of the molecule is CCc1nc(N[C@@H]2c3ccccc3C[C@@H]2CC)c(CC)nc1Br. The summed E-state index contributed by atoms with van der Waals surface area (Å²) in [6.07, 6.45) is 4.07. The van der Waals surface area contributed by atoms with Crippen LogP contribution in [0.3, 0.4) is 0 Å². The van der Waals surface area contributed by atoms with E-state index in [0.717, 1.165) is 41.1 Å². The van der Waals surface area contributed by atoms with Crippen LogP contribution < -0.4 is 5.32 Å². The molecule has 0 unspecified atom stereocenters. The quantitative estimate of drug-likeness (QED) is 0.791. The molecule has 23 heavy (non-hydrogen) atoms. The van der Waals surface area contributed by atoms with E-state index in [2.05, 4.69) is 66.3 Å². The van der Waals surface area contributed by atoms with E-state index < -0.39 is 0 Å². The summed E-state index contributed by atoms with van der Waals surface area (Å²) < 4.78 is 0.876. The lowest BCUT2D eigenvalue weighted by atomic mass is 9.98. The van der Waals surface area contributed by atoms with Crippen LogP contribution in [0.4, 0.5) is 5.82 Å². The average molecular weight is 374 g/mol. The Bertz CT molecular complexity index is 699. The maximum Gasteiger partial charge on any atom is 0.148 e. The molecule has 0 spiro atoms. The van der Waals surface area contributed by atoms with Gasteiger partial charge in [0.25, 0.3) is 0 Å². The third-order valence-corrected chi connectivity index (χ3v) is 5.46. The first-order valence-electron chi connectivity index (χ1n) is 8.57. The Labute approximate surface area is 147 Å². The summed E-state index contributed by atoms with van der Waals surface area (Å²) >= 11 is 3.54. The minimum absolute atomic E-state index is 0.335. The van der Waals surface area contributed by atoms with Crippen LogP contribution in [-0.2, 0) is 19.3 Å². The molecule has 4 heteroatoms. The van der Waals surface area contributed by atoms with Gasteiger partial charge in [-0.15, -0.1) is 0 Å². The van der Waals surface area contributed by atoms with Gasteiger partial charge in [-0.2, -0.15) is 0 Å². The molecule has 3 rings (SSSR count). The molecule has 122 valence electrons. The van der Waals surface area contributed by atoms with Gasteiger partial charge in [0.2, 0.25) is 0 Å². The summed E-state index contributed by atoms with van der Waals surface area (Å²) in [5.41, 5.74) is 4.94. The minimum atomic E-state index is 0.335. The van der Waals surface area contributed by atoms with Crippen molar-refractivity contribution in [1.82, 2.24) is 9.97 Å². The number of fused-ring (bicyclic) bond motifs is 1. The molecule has 0 fully saturated rings. The first-order chi connectivity index (χ1) is 11.2. The Balaban J connectivity index is 1.97. The van der Waals surface area contributed by atoms with E-state index in [0.29, 0.717) is 12.0 Å². The molecule has 0 saturated carbocycles. The van der Waals surface area contributed by atoms with Gasteiger partial charge in [0.15, 0.2) is 0 Å². The van der Waals surface area contributed by atoms with Gasteiger partial charge in [0.1, 0.15) is 10.4 Å². The normalized spacial score (nSPS) is 19.7. The zero-order chi connectivity index (χ0) is 16.4. The van der Waals surface area contributed by atoms with Crippen molar-refractivity contribution in [3.05, 3.63) is 51.4 Å². The van der Waals surface area contributed by atoms with Gasteiger partial charge in [0, 0.05) is 0 Å². The Hall–Kier alpha value is -1.42. The van der Waals surface area contributed by atoms with Gasteiger partial charge < -0.3 is 5.32 Å². The van der Waals surface area contributed by atoms with Gasteiger partial charge >= 0.3 is 0 Å². The Morgan fingerprint density at radius 2 is 1.83 bits per heavy atom. The lowest BCUT2D eigenvalue weighted by Gasteiger charge is -2.23. The molecule has 1 N–H and O–H groups in total. The third kappa shape index (κ3) is 3.14. The highest BCUT2D eigenvalue weighted by atomic mass is 79.9. The molecular formula is C19H24BrN3. The van der Waals surface area contributed by atoms with E-state index in [1.54, 1.807) is 0 Å². The highest BCUT2D eigenvalue weighted by Crippen LogP contribution is 2.40. The summed E-state index contributed by atoms with van der Waals surface area (Å²) in [7, 11) is 0. The van der Waals surface area contributed by atoms with Crippen molar-refractivity contribution in [1.29, 1.82) is 0 Å². The second-order valence-corrected chi connectivity index (χ2v) is 6.91. The lowest BCUT2D eigenvalue weighted by molar-refractivity contribution is 0.474. The highest BCUT2D eigenvalue weighted by Gasteiger charge is 2.31. The van der Waals surface area contributed by atoms with Crippen LogP contribution in [0.15, 0.2) is 28.9 Å². The van der Waals surface area contributed by atoms with Crippen molar-refractivity contribution < 1.29 is 0 Å². The molecule has 1 aromatic carbocycles. The second kappa shape index (κ2) is 7.00. The number of aryl methyl sites for hydroxylation is 2. The number of aromatic nitrogens is 2. The lowest BCUT2D eigenvalue weighted by Crippen LogP contribution is -2.19. The van der Waals surface area contributed by atoms with Gasteiger partial charge in [-0.1, -0.05) is 51.5 Å². The molecular weight excluding hydrogens is 350 g/mol. The van der Waals surface area contributed by atoms with Crippen molar-refractivity contribution in [3.8, 4) is 0 Å². The predicted octanol–water partition coefficient (Wildman–Crippen LogP) is 5.10. The standard InChI is InChI=1S/C19H24BrN3/c1-4-12-11-13-9-7-8-10-14(13)17(12)23-19-16(6-3)21-18(20)15(5-2)22-19/h7-10,12,17H,4-6,11H2,1-3H3,(H,22,23)/t12-,17-/m0/s1. The zero-order valence-electron chi connectivity index (χ0n) is 14.1. The highest BCUT2D eigenvalue weighted by molar-refractivity contribution is 9.10. The van der Waals surface area contributed by atoms with Gasteiger partial charge in [0.05, 0.1) is 17.4 Å². The second-order valence-electron chi connectivity index (χ2n) is 6.16. The topological polar surface area (TPSA) is 37.8 Å². The molecule has 2 aromatic rings. The maximum atomic E-state index is 4.85. The van der Waals surface area contributed by atoms with Crippen LogP contribution in [0.2, 0.25) is 0 Å². The van der Waals surface area contributed by atoms with Gasteiger partial charge in [-0.05, 0) is 52.2 Å². The molecule has 1 aromatic heterocycles. The maximum absolute atomic E-state index is 4.85. The van der Waals surface area contributed by atoms with E-state index in [4.69, 9.17) is 9.97 Å². The molecule has 1 aliphatic carbocycles. The Kier molecular flexibility index (Phi) is 5.00. The van der Waals surface area contributed by atoms with E-state index in [1.807, 2.05) is 0 Å². The molecule has 0 saturated heterocycles. The van der Waals surface area contributed by atoms with Gasteiger partial charge in [-0.3, -0.25) is 0 Å². The van der Waals surface area contributed by atoms with Crippen LogP contribution in [0.25, 0.3) is 0 Å². The zero-order valence-corrected chi connectivity index (χ0v) is 15.7. The van der Waals surface area contributed by atoms with Crippen LogP contribution in [0.1, 0.15) is 55.7 Å². The van der Waals surface area contributed by atoms with Gasteiger partial charge in [-0.25, -0.2) is 9.97 Å². The van der Waals surface area contributed by atoms with E-state index in [1.165, 1.54) is 17.5 Å². The summed E-state index contributed by atoms with van der Waals surface area (Å²) in [4.78, 5) is 9.55. The van der Waals surface area contributed by atoms with Crippen molar-refractivity contribution in [3.63, 3.8) is 0 Å². The number of benzene rings is 1. The molecule has 1 aliphatic rings. The monoisotopic (exact) mass is 373 g/mol. The largest absolute Gasteiger partial charge is 0.361 e. The van der Waals surface area contributed by atoms with E-state index >= 15 is 0 Å². The number of nitrogens with one attached hydrogen (secondary N) is 1. The Morgan fingerprint density at radius 3 is 2.52 bits per heavy atom. The number of halogens is 1. The summed E-state index contributed by atoms with van der Waals surface area (Å²) in [6.45, 7) is 6.52. The molecule has 3 nitrogen and oxygen atoms in total. The van der Waals surface area contributed by atoms with Crippen molar-refractivity contribution >= 4 is 21.7 Å². The van der Waals surface area contributed by atoms with E-state index in [-0.39, 0.29) is 0 Å². The molecule has 1 heterocycles. The third-order valence-electron chi connectivity index (χ3n) is 4.82. The summed E-state index contributed by atoms with van der Waals surface area (Å²) in [6, 6.07) is 9.12. The number of anilines is 1. The number of nitrogens with zero attached hydrogens (tertiary/aromatic N) is 2.